The van der Waals surface area contributed by atoms with E-state index in [1.807, 2.05) is 11.8 Å². The maximum atomic E-state index is 11.2. The van der Waals surface area contributed by atoms with Crippen LogP contribution >= 0.6 is 23.5 Å². The molecule has 0 saturated carbocycles. The van der Waals surface area contributed by atoms with E-state index in [0.717, 1.165) is 5.75 Å². The smallest absolute Gasteiger partial charge is 0.304 e. The van der Waals surface area contributed by atoms with Gasteiger partial charge >= 0.3 is 5.97 Å². The number of hydrogen-bond acceptors (Lipinski definition) is 3. The molecule has 0 aliphatic carbocycles. The molecule has 0 unspecified atom stereocenters. The summed E-state index contributed by atoms with van der Waals surface area (Å²) in [7, 11) is 0. The lowest BCUT2D eigenvalue weighted by molar-refractivity contribution is -0.136. The summed E-state index contributed by atoms with van der Waals surface area (Å²) in [5.41, 5.74) is 0. The summed E-state index contributed by atoms with van der Waals surface area (Å²) >= 11 is 3.55. The summed E-state index contributed by atoms with van der Waals surface area (Å²) in [6.07, 6.45) is 0.153. The molecule has 31 heavy (non-hydrogen) atoms. The second-order valence-electron chi connectivity index (χ2n) is 7.57. The molecule has 4 heteroatoms. The standard InChI is InChI=1S/C27H22O2S2/c1-2-30-26-21-13-17-7-3-5-9-19(17)15-23(21)27(31-12-11-25(28)29)24-16-20-10-6-4-8-18(20)14-22(24)26/h3-10,13-16H,2,11-12H2,1H3,(H,28,29). The lowest BCUT2D eigenvalue weighted by atomic mass is 9.97. The molecule has 5 aromatic carbocycles. The number of carboxylic acids is 1. The average Bonchev–Trinajstić information content (AvgIpc) is 2.78. The fourth-order valence-corrected chi connectivity index (χ4v) is 6.28. The Morgan fingerprint density at radius 2 is 1.10 bits per heavy atom. The molecule has 1 N–H and O–H groups in total. The van der Waals surface area contributed by atoms with Gasteiger partial charge in [-0.2, -0.15) is 0 Å². The molecule has 0 aromatic heterocycles. The fraction of sp³-hybridized carbons (Fsp3) is 0.148. The Balaban J connectivity index is 1.91. The molecule has 0 amide bonds. The fourth-order valence-electron chi connectivity index (χ4n) is 4.22. The predicted molar refractivity (Wildman–Crippen MR) is 136 cm³/mol. The highest BCUT2D eigenvalue weighted by atomic mass is 32.2. The van der Waals surface area contributed by atoms with Crippen molar-refractivity contribution in [3.05, 3.63) is 72.8 Å². The number of carbonyl (C=O) groups is 1. The SMILES string of the molecule is CCSc1c2cc3ccccc3cc2c(SCCC(=O)O)c2cc3ccccc3cc12. The van der Waals surface area contributed by atoms with Crippen molar-refractivity contribution in [2.75, 3.05) is 11.5 Å². The molecule has 0 aliphatic rings. The van der Waals surface area contributed by atoms with E-state index in [1.54, 1.807) is 11.8 Å². The molecule has 2 nitrogen and oxygen atoms in total. The van der Waals surface area contributed by atoms with Crippen molar-refractivity contribution >= 4 is 72.6 Å². The van der Waals surface area contributed by atoms with Crippen molar-refractivity contribution in [1.29, 1.82) is 0 Å². The minimum atomic E-state index is -0.754. The molecule has 0 atom stereocenters. The van der Waals surface area contributed by atoms with E-state index in [0.29, 0.717) is 5.75 Å². The molecule has 0 heterocycles. The second-order valence-corrected chi connectivity index (χ2v) is 9.95. The highest BCUT2D eigenvalue weighted by molar-refractivity contribution is 8.00. The maximum absolute atomic E-state index is 11.2. The minimum Gasteiger partial charge on any atom is -0.481 e. The van der Waals surface area contributed by atoms with E-state index in [9.17, 15) is 9.90 Å². The Morgan fingerprint density at radius 1 is 0.710 bits per heavy atom. The molecule has 0 spiro atoms. The van der Waals surface area contributed by atoms with Gasteiger partial charge in [-0.3, -0.25) is 4.79 Å². The van der Waals surface area contributed by atoms with Crippen molar-refractivity contribution < 1.29 is 9.90 Å². The molecular formula is C27H22O2S2. The first kappa shape index (κ1) is 20.2. The number of fused-ring (bicyclic) bond motifs is 4. The molecule has 0 saturated heterocycles. The number of thioether (sulfide) groups is 2. The average molecular weight is 443 g/mol. The molecule has 154 valence electrons. The predicted octanol–water partition coefficient (Wildman–Crippen LogP) is 7.98. The van der Waals surface area contributed by atoms with Crippen molar-refractivity contribution in [2.45, 2.75) is 23.1 Å². The van der Waals surface area contributed by atoms with Crippen molar-refractivity contribution in [1.82, 2.24) is 0 Å². The zero-order valence-electron chi connectivity index (χ0n) is 17.2. The van der Waals surface area contributed by atoms with Crippen LogP contribution in [0.1, 0.15) is 13.3 Å². The summed E-state index contributed by atoms with van der Waals surface area (Å²) in [6.45, 7) is 2.19. The van der Waals surface area contributed by atoms with Gasteiger partial charge in [-0.25, -0.2) is 0 Å². The van der Waals surface area contributed by atoms with Crippen molar-refractivity contribution in [3.63, 3.8) is 0 Å². The third-order valence-electron chi connectivity index (χ3n) is 5.60. The number of carboxylic acid groups (broad SMARTS) is 1. The Hall–Kier alpha value is -2.69. The van der Waals surface area contributed by atoms with Crippen LogP contribution in [0.3, 0.4) is 0 Å². The van der Waals surface area contributed by atoms with E-state index < -0.39 is 5.97 Å². The van der Waals surface area contributed by atoms with Crippen LogP contribution in [0.15, 0.2) is 82.6 Å². The van der Waals surface area contributed by atoms with E-state index in [2.05, 4.69) is 79.7 Å². The molecule has 5 aromatic rings. The van der Waals surface area contributed by atoms with Crippen molar-refractivity contribution in [3.8, 4) is 0 Å². The number of benzene rings is 5. The van der Waals surface area contributed by atoms with Crippen LogP contribution in [0.4, 0.5) is 0 Å². The summed E-state index contributed by atoms with van der Waals surface area (Å²) < 4.78 is 0. The zero-order chi connectivity index (χ0) is 21.4. The lowest BCUT2D eigenvalue weighted by Crippen LogP contribution is -1.96. The van der Waals surface area contributed by atoms with Gasteiger partial charge in [0.05, 0.1) is 6.42 Å². The largest absolute Gasteiger partial charge is 0.481 e. The number of hydrogen-bond donors (Lipinski definition) is 1. The molecule has 0 fully saturated rings. The van der Waals surface area contributed by atoms with Gasteiger partial charge in [0.2, 0.25) is 0 Å². The summed E-state index contributed by atoms with van der Waals surface area (Å²) in [5.74, 6) is 0.796. The third-order valence-corrected chi connectivity index (χ3v) is 7.76. The van der Waals surface area contributed by atoms with Crippen LogP contribution in [0.25, 0.3) is 43.1 Å². The lowest BCUT2D eigenvalue weighted by Gasteiger charge is -2.18. The van der Waals surface area contributed by atoms with Crippen LogP contribution in [-0.2, 0) is 4.79 Å². The van der Waals surface area contributed by atoms with Gasteiger partial charge in [0, 0.05) is 15.5 Å². The van der Waals surface area contributed by atoms with Gasteiger partial charge in [0.25, 0.3) is 0 Å². The summed E-state index contributed by atoms with van der Waals surface area (Å²) in [6, 6.07) is 26.1. The molecule has 5 rings (SSSR count). The number of aliphatic carboxylic acids is 1. The summed E-state index contributed by atoms with van der Waals surface area (Å²) in [4.78, 5) is 13.7. The van der Waals surface area contributed by atoms with Crippen LogP contribution < -0.4 is 0 Å². The maximum Gasteiger partial charge on any atom is 0.304 e. The Bertz CT molecular complexity index is 1360. The Labute approximate surface area is 189 Å². The van der Waals surface area contributed by atoms with Crippen LogP contribution in [0, 0.1) is 0 Å². The van der Waals surface area contributed by atoms with E-state index >= 15 is 0 Å². The van der Waals surface area contributed by atoms with Crippen molar-refractivity contribution in [2.24, 2.45) is 0 Å². The monoisotopic (exact) mass is 442 g/mol. The van der Waals surface area contributed by atoms with Gasteiger partial charge in [-0.1, -0.05) is 55.5 Å². The zero-order valence-corrected chi connectivity index (χ0v) is 18.9. The van der Waals surface area contributed by atoms with Gasteiger partial charge in [0.1, 0.15) is 0 Å². The number of rotatable bonds is 6. The van der Waals surface area contributed by atoms with Crippen LogP contribution in [-0.4, -0.2) is 22.6 Å². The van der Waals surface area contributed by atoms with Crippen LogP contribution in [0.2, 0.25) is 0 Å². The molecule has 0 radical (unpaired) electrons. The summed E-state index contributed by atoms with van der Waals surface area (Å²) in [5, 5.41) is 19.0. The van der Waals surface area contributed by atoms with Gasteiger partial charge in [0.15, 0.2) is 0 Å². The third kappa shape index (κ3) is 3.75. The first-order valence-electron chi connectivity index (χ1n) is 10.4. The molecular weight excluding hydrogens is 420 g/mol. The Kier molecular flexibility index (Phi) is 5.51. The van der Waals surface area contributed by atoms with Gasteiger partial charge in [-0.15, -0.1) is 23.5 Å². The minimum absolute atomic E-state index is 0.153. The highest BCUT2D eigenvalue weighted by Gasteiger charge is 2.17. The quantitative estimate of drug-likeness (QED) is 0.214. The van der Waals surface area contributed by atoms with Crippen LogP contribution in [0.5, 0.6) is 0 Å². The normalized spacial score (nSPS) is 11.6. The van der Waals surface area contributed by atoms with E-state index in [1.165, 1.54) is 52.9 Å². The second kappa shape index (κ2) is 8.45. The van der Waals surface area contributed by atoms with Gasteiger partial charge < -0.3 is 5.11 Å². The highest BCUT2D eigenvalue weighted by Crippen LogP contribution is 2.45. The van der Waals surface area contributed by atoms with E-state index in [4.69, 9.17) is 0 Å². The first-order valence-corrected chi connectivity index (χ1v) is 12.4. The first-order chi connectivity index (χ1) is 15.2. The van der Waals surface area contributed by atoms with E-state index in [-0.39, 0.29) is 6.42 Å². The molecule has 0 bridgehead atoms. The topological polar surface area (TPSA) is 37.3 Å². The molecule has 0 aliphatic heterocycles. The van der Waals surface area contributed by atoms with Gasteiger partial charge in [-0.05, 0) is 73.1 Å². The Morgan fingerprint density at radius 3 is 1.45 bits per heavy atom.